The average molecular weight is 723 g/mol. The van der Waals surface area contributed by atoms with Crippen LogP contribution in [0.15, 0.2) is 47.4 Å². The number of carboxylic acids is 1. The second-order valence-corrected chi connectivity index (χ2v) is 13.5. The number of phenols is 2. The number of phenolic OH excluding ortho intramolecular Hbond substituents is 2. The van der Waals surface area contributed by atoms with Crippen molar-refractivity contribution in [3.63, 3.8) is 0 Å². The van der Waals surface area contributed by atoms with E-state index in [1.54, 1.807) is 0 Å². The summed E-state index contributed by atoms with van der Waals surface area (Å²) in [6, 6.07) is 1.43. The molecule has 5 rings (SSSR count). The van der Waals surface area contributed by atoms with E-state index in [1.807, 2.05) is 0 Å². The summed E-state index contributed by atoms with van der Waals surface area (Å²) in [5, 5.41) is 39.2. The number of anilines is 1. The molecule has 0 aliphatic carbocycles. The van der Waals surface area contributed by atoms with Crippen molar-refractivity contribution in [2.24, 2.45) is 5.16 Å². The van der Waals surface area contributed by atoms with Gasteiger partial charge in [-0.3, -0.25) is 19.3 Å². The molecule has 5 N–H and O–H groups in total. The van der Waals surface area contributed by atoms with Gasteiger partial charge in [0, 0.05) is 33.0 Å². The summed E-state index contributed by atoms with van der Waals surface area (Å²) in [5.41, 5.74) is 5.31. The minimum atomic E-state index is -1.55. The molecule has 2 aromatic heterocycles. The van der Waals surface area contributed by atoms with Crippen LogP contribution >= 0.6 is 62.1 Å². The van der Waals surface area contributed by atoms with Gasteiger partial charge in [-0.1, -0.05) is 5.16 Å². The second-order valence-electron chi connectivity index (χ2n) is 8.45. The number of carbonyl (C=O) groups is 3. The van der Waals surface area contributed by atoms with Gasteiger partial charge in [0.1, 0.15) is 24.2 Å². The van der Waals surface area contributed by atoms with Crippen molar-refractivity contribution in [1.82, 2.24) is 15.2 Å². The first-order chi connectivity index (χ1) is 19.5. The van der Waals surface area contributed by atoms with Crippen LogP contribution in [-0.2, 0) is 19.2 Å². The predicted molar refractivity (Wildman–Crippen MR) is 157 cm³/mol. The largest absolute Gasteiger partial charge is 1.00 e. The van der Waals surface area contributed by atoms with Crippen molar-refractivity contribution in [2.45, 2.75) is 15.6 Å². The van der Waals surface area contributed by atoms with Gasteiger partial charge in [0.2, 0.25) is 5.43 Å². The topological polar surface area (TPSA) is 208 Å². The van der Waals surface area contributed by atoms with E-state index >= 15 is 0 Å². The number of nitrogens with zero attached hydrogens (tertiary/aromatic N) is 3. The van der Waals surface area contributed by atoms with Crippen molar-refractivity contribution in [3.05, 3.63) is 49.2 Å². The quantitative estimate of drug-likeness (QED) is 0.0499. The Balaban J connectivity index is 0.00000405. The summed E-state index contributed by atoms with van der Waals surface area (Å²) >= 11 is 7.97. The maximum absolute atomic E-state index is 13.1. The Morgan fingerprint density at radius 2 is 2.05 bits per heavy atom. The van der Waals surface area contributed by atoms with Crippen molar-refractivity contribution in [3.8, 4) is 11.5 Å². The van der Waals surface area contributed by atoms with Gasteiger partial charge in [0.05, 0.1) is 20.3 Å². The number of aromatic nitrogens is 1. The SMILES string of the molecule is CO/N=C(\C(=O)N[C@@H]1C(=O)N2C(C(=O)[O-])=C(CSc3sc4cc(O)c(O)cc4c(=O)c3Br)CS[C@H]12)c1csc(N)n1.[Na+]. The molecule has 4 heterocycles. The number of nitrogen functional groups attached to an aromatic ring is 1. The molecule has 19 heteroatoms. The number of aromatic hydroxyl groups is 2. The fourth-order valence-electron chi connectivity index (χ4n) is 4.11. The van der Waals surface area contributed by atoms with Crippen molar-refractivity contribution in [1.29, 1.82) is 0 Å². The number of oxime groups is 1. The second kappa shape index (κ2) is 13.1. The van der Waals surface area contributed by atoms with Gasteiger partial charge in [0.25, 0.3) is 11.8 Å². The summed E-state index contributed by atoms with van der Waals surface area (Å²) in [6.45, 7) is 0. The maximum Gasteiger partial charge on any atom is 1.00 e. The van der Waals surface area contributed by atoms with E-state index in [2.05, 4.69) is 31.4 Å². The Morgan fingerprint density at radius 1 is 1.33 bits per heavy atom. The number of hydrogen-bond acceptors (Lipinski definition) is 15. The van der Waals surface area contributed by atoms with Crippen LogP contribution in [0.4, 0.5) is 5.13 Å². The normalized spacial score (nSPS) is 18.3. The molecule has 1 fully saturated rings. The zero-order valence-electron chi connectivity index (χ0n) is 21.6. The number of carboxylic acid groups (broad SMARTS) is 1. The number of halogens is 1. The van der Waals surface area contributed by atoms with Crippen LogP contribution in [0.3, 0.4) is 0 Å². The third-order valence-electron chi connectivity index (χ3n) is 5.97. The van der Waals surface area contributed by atoms with E-state index in [4.69, 9.17) is 10.6 Å². The molecule has 0 radical (unpaired) electrons. The molecule has 2 amide bonds. The Bertz CT molecular complexity index is 1750. The first kappa shape index (κ1) is 32.6. The molecule has 0 saturated carbocycles. The summed E-state index contributed by atoms with van der Waals surface area (Å²) in [4.78, 5) is 60.8. The Labute approximate surface area is 283 Å². The molecule has 2 atom stereocenters. The van der Waals surface area contributed by atoms with E-state index in [-0.39, 0.29) is 78.9 Å². The van der Waals surface area contributed by atoms with Crippen LogP contribution < -0.4 is 51.1 Å². The number of β-lactam (4-membered cyclic amide) rings is 1. The fraction of sp³-hybridized carbons (Fsp3) is 0.217. The fourth-order valence-corrected chi connectivity index (χ4v) is 9.19. The third-order valence-corrected chi connectivity index (χ3v) is 11.8. The first-order valence-corrected chi connectivity index (χ1v) is 15.9. The number of fused-ring (bicyclic) bond motifs is 2. The predicted octanol–water partition coefficient (Wildman–Crippen LogP) is -1.98. The standard InChI is InChI=1S/C23H18BrN5O8S4.Na/c1-37-28-14(9-6-40-23(25)26-9)18(33)27-15-19(34)29-16(21(35)36)7(4-38-20(15)29)5-39-22-13(24)17(32)8-2-10(30)11(31)3-12(8)41-22;/h2-3,6,15,20,30-31H,4-5H2,1H3,(H2,25,26)(H,27,33)(H,35,36);/q;+1/p-1/b28-14-;/t15-,20-;/m1./s1. The number of rotatable bonds is 8. The van der Waals surface area contributed by atoms with E-state index < -0.39 is 40.4 Å². The number of thioether (sulfide) groups is 2. The van der Waals surface area contributed by atoms with Crippen LogP contribution in [0.1, 0.15) is 5.69 Å². The first-order valence-electron chi connectivity index (χ1n) is 11.3. The van der Waals surface area contributed by atoms with Gasteiger partial charge >= 0.3 is 29.6 Å². The molecule has 0 bridgehead atoms. The minimum Gasteiger partial charge on any atom is -0.543 e. The van der Waals surface area contributed by atoms with Gasteiger partial charge in [0.15, 0.2) is 22.3 Å². The molecule has 0 unspecified atom stereocenters. The molecule has 1 saturated heterocycles. The number of hydrogen-bond donors (Lipinski definition) is 4. The number of amides is 2. The molecular formula is C23H17BrN5NaO8S4. The molecule has 42 heavy (non-hydrogen) atoms. The van der Waals surface area contributed by atoms with Crippen molar-refractivity contribution >= 4 is 101 Å². The van der Waals surface area contributed by atoms with Crippen LogP contribution in [0.5, 0.6) is 11.5 Å². The third kappa shape index (κ3) is 6.03. The molecule has 13 nitrogen and oxygen atoms in total. The smallest absolute Gasteiger partial charge is 0.543 e. The van der Waals surface area contributed by atoms with Crippen LogP contribution in [0.2, 0.25) is 0 Å². The van der Waals surface area contributed by atoms with E-state index in [0.29, 0.717) is 14.5 Å². The zero-order valence-corrected chi connectivity index (χ0v) is 28.4. The zero-order chi connectivity index (χ0) is 29.6. The summed E-state index contributed by atoms with van der Waals surface area (Å²) in [7, 11) is 1.25. The molecular weight excluding hydrogens is 705 g/mol. The van der Waals surface area contributed by atoms with Gasteiger partial charge < -0.3 is 36.0 Å². The number of aliphatic carboxylic acids is 1. The van der Waals surface area contributed by atoms with Gasteiger partial charge in [-0.25, -0.2) is 4.98 Å². The molecule has 3 aromatic rings. The van der Waals surface area contributed by atoms with E-state index in [0.717, 1.165) is 16.2 Å². The number of carbonyl (C=O) groups excluding carboxylic acids is 3. The molecule has 214 valence electrons. The molecule has 0 spiro atoms. The van der Waals surface area contributed by atoms with Crippen LogP contribution in [0, 0.1) is 0 Å². The molecule has 1 aromatic carbocycles. The summed E-state index contributed by atoms with van der Waals surface area (Å²) in [5.74, 6) is -3.40. The molecule has 2 aliphatic rings. The maximum atomic E-state index is 13.1. The average Bonchev–Trinajstić information content (AvgIpc) is 3.37. The monoisotopic (exact) mass is 721 g/mol. The summed E-state index contributed by atoms with van der Waals surface area (Å²) in [6.07, 6.45) is 0. The summed E-state index contributed by atoms with van der Waals surface area (Å²) < 4.78 is 1.16. The van der Waals surface area contributed by atoms with Crippen LogP contribution in [0.25, 0.3) is 10.1 Å². The number of nitrogens with one attached hydrogen (secondary N) is 1. The number of thiazole rings is 1. The molecule has 2 aliphatic heterocycles. The Morgan fingerprint density at radius 3 is 2.69 bits per heavy atom. The Kier molecular flexibility index (Phi) is 10.2. The van der Waals surface area contributed by atoms with Crippen molar-refractivity contribution < 1.29 is 64.1 Å². The van der Waals surface area contributed by atoms with Gasteiger partial charge in [-0.05, 0) is 27.6 Å². The van der Waals surface area contributed by atoms with Crippen molar-refractivity contribution in [2.75, 3.05) is 24.3 Å². The number of benzene rings is 1. The Hall–Kier alpha value is -2.32. The van der Waals surface area contributed by atoms with Gasteiger partial charge in [-0.15, -0.1) is 46.2 Å². The van der Waals surface area contributed by atoms with Gasteiger partial charge in [-0.2, -0.15) is 0 Å². The number of nitrogens with two attached hydrogens (primary N) is 1. The van der Waals surface area contributed by atoms with Crippen LogP contribution in [-0.4, -0.2) is 73.6 Å². The van der Waals surface area contributed by atoms with E-state index in [9.17, 15) is 34.5 Å². The van der Waals surface area contributed by atoms with E-state index in [1.165, 1.54) is 59.5 Å². The minimum absolute atomic E-state index is 0.